The molecular formula is C18H22FN3O2. The van der Waals surface area contributed by atoms with Gasteiger partial charge in [-0.3, -0.25) is 0 Å². The Morgan fingerprint density at radius 3 is 2.33 bits per heavy atom. The molecule has 1 aromatic heterocycles. The minimum Gasteiger partial charge on any atom is -0.497 e. The Morgan fingerprint density at radius 1 is 1.08 bits per heavy atom. The van der Waals surface area contributed by atoms with E-state index in [-0.39, 0.29) is 0 Å². The lowest BCUT2D eigenvalue weighted by Gasteiger charge is -2.33. The zero-order valence-corrected chi connectivity index (χ0v) is 14.0. The highest BCUT2D eigenvalue weighted by Gasteiger charge is 2.20. The van der Waals surface area contributed by atoms with Crippen molar-refractivity contribution in [2.45, 2.75) is 18.9 Å². The van der Waals surface area contributed by atoms with Crippen molar-refractivity contribution in [1.29, 1.82) is 0 Å². The number of pyridine rings is 1. The van der Waals surface area contributed by atoms with Crippen LogP contribution in [0.5, 0.6) is 11.5 Å². The first-order chi connectivity index (χ1) is 11.7. The minimum absolute atomic E-state index is 0.353. The van der Waals surface area contributed by atoms with Crippen LogP contribution >= 0.6 is 0 Å². The fourth-order valence-electron chi connectivity index (χ4n) is 2.95. The Bertz CT molecular complexity index is 665. The van der Waals surface area contributed by atoms with Gasteiger partial charge in [-0.1, -0.05) is 6.07 Å². The van der Waals surface area contributed by atoms with Crippen LogP contribution in [0.3, 0.4) is 0 Å². The van der Waals surface area contributed by atoms with Crippen LogP contribution in [-0.2, 0) is 0 Å². The lowest BCUT2D eigenvalue weighted by atomic mass is 10.0. The highest BCUT2D eigenvalue weighted by Crippen LogP contribution is 2.28. The smallest absolute Gasteiger partial charge is 0.214 e. The second kappa shape index (κ2) is 7.38. The van der Waals surface area contributed by atoms with Gasteiger partial charge in [0.15, 0.2) is 0 Å². The van der Waals surface area contributed by atoms with Gasteiger partial charge in [0.05, 0.1) is 14.2 Å². The van der Waals surface area contributed by atoms with E-state index in [4.69, 9.17) is 9.47 Å². The molecule has 24 heavy (non-hydrogen) atoms. The number of anilines is 2. The van der Waals surface area contributed by atoms with Crippen LogP contribution in [-0.4, -0.2) is 38.3 Å². The number of benzene rings is 1. The molecule has 2 heterocycles. The molecule has 0 bridgehead atoms. The average Bonchev–Trinajstić information content (AvgIpc) is 2.62. The van der Waals surface area contributed by atoms with Crippen molar-refractivity contribution in [3.8, 4) is 11.5 Å². The Labute approximate surface area is 141 Å². The third-order valence-electron chi connectivity index (χ3n) is 4.24. The molecule has 1 aliphatic rings. The van der Waals surface area contributed by atoms with Crippen LogP contribution < -0.4 is 19.7 Å². The molecular weight excluding hydrogens is 309 g/mol. The van der Waals surface area contributed by atoms with Gasteiger partial charge in [-0.25, -0.2) is 4.98 Å². The van der Waals surface area contributed by atoms with Crippen molar-refractivity contribution in [1.82, 2.24) is 4.98 Å². The molecule has 1 aromatic carbocycles. The summed E-state index contributed by atoms with van der Waals surface area (Å²) in [4.78, 5) is 6.08. The molecule has 5 nitrogen and oxygen atoms in total. The number of halogens is 1. The first-order valence-corrected chi connectivity index (χ1v) is 8.05. The van der Waals surface area contributed by atoms with E-state index in [2.05, 4.69) is 15.2 Å². The van der Waals surface area contributed by atoms with E-state index in [0.717, 1.165) is 43.1 Å². The molecule has 0 amide bonds. The molecule has 1 saturated heterocycles. The van der Waals surface area contributed by atoms with Gasteiger partial charge in [-0.2, -0.15) is 4.39 Å². The van der Waals surface area contributed by atoms with Crippen molar-refractivity contribution in [3.05, 3.63) is 42.3 Å². The van der Waals surface area contributed by atoms with Crippen LogP contribution in [0.2, 0.25) is 0 Å². The summed E-state index contributed by atoms with van der Waals surface area (Å²) in [7, 11) is 3.28. The molecule has 0 saturated carbocycles. The largest absolute Gasteiger partial charge is 0.497 e. The van der Waals surface area contributed by atoms with E-state index in [1.54, 1.807) is 20.3 Å². The second-order valence-corrected chi connectivity index (χ2v) is 5.83. The van der Waals surface area contributed by atoms with Gasteiger partial charge in [0.2, 0.25) is 5.95 Å². The average molecular weight is 331 g/mol. The van der Waals surface area contributed by atoms with Gasteiger partial charge < -0.3 is 19.7 Å². The summed E-state index contributed by atoms with van der Waals surface area (Å²) in [5.74, 6) is 1.80. The maximum absolute atomic E-state index is 13.3. The number of aromatic nitrogens is 1. The Morgan fingerprint density at radius 2 is 1.75 bits per heavy atom. The Balaban J connectivity index is 1.61. The maximum atomic E-state index is 13.3. The van der Waals surface area contributed by atoms with E-state index in [1.165, 1.54) is 6.07 Å². The standard InChI is InChI=1S/C18H22FN3O2/c1-23-15-10-14(11-16(12-15)24-2)20-13-6-8-22(9-7-13)18-5-3-4-17(19)21-18/h3-5,10-13,20H,6-9H2,1-2H3. The van der Waals surface area contributed by atoms with E-state index in [9.17, 15) is 4.39 Å². The minimum atomic E-state index is -0.434. The van der Waals surface area contributed by atoms with Crippen LogP contribution in [0.25, 0.3) is 0 Å². The fourth-order valence-corrected chi connectivity index (χ4v) is 2.95. The second-order valence-electron chi connectivity index (χ2n) is 5.83. The lowest BCUT2D eigenvalue weighted by Crippen LogP contribution is -2.39. The van der Waals surface area contributed by atoms with Crippen LogP contribution in [0.1, 0.15) is 12.8 Å². The molecule has 128 valence electrons. The summed E-state index contributed by atoms with van der Waals surface area (Å²) in [6, 6.07) is 11.0. The van der Waals surface area contributed by atoms with Gasteiger partial charge in [0, 0.05) is 43.0 Å². The summed E-state index contributed by atoms with van der Waals surface area (Å²) in [6.45, 7) is 1.68. The third-order valence-corrected chi connectivity index (χ3v) is 4.24. The molecule has 0 radical (unpaired) electrons. The number of nitrogens with one attached hydrogen (secondary N) is 1. The van der Waals surface area contributed by atoms with Crippen molar-refractivity contribution in [2.75, 3.05) is 37.5 Å². The summed E-state index contributed by atoms with van der Waals surface area (Å²) in [5, 5.41) is 3.53. The maximum Gasteiger partial charge on any atom is 0.214 e. The molecule has 1 aliphatic heterocycles. The molecule has 0 atom stereocenters. The highest BCUT2D eigenvalue weighted by atomic mass is 19.1. The molecule has 0 unspecified atom stereocenters. The van der Waals surface area contributed by atoms with Crippen LogP contribution in [0.4, 0.5) is 15.9 Å². The predicted octanol–water partition coefficient (Wildman–Crippen LogP) is 3.32. The van der Waals surface area contributed by atoms with Crippen molar-refractivity contribution >= 4 is 11.5 Å². The zero-order valence-electron chi connectivity index (χ0n) is 14.0. The topological polar surface area (TPSA) is 46.6 Å². The van der Waals surface area contributed by atoms with E-state index in [1.807, 2.05) is 24.3 Å². The van der Waals surface area contributed by atoms with Gasteiger partial charge in [-0.15, -0.1) is 0 Å². The summed E-state index contributed by atoms with van der Waals surface area (Å²) in [6.07, 6.45) is 1.91. The first-order valence-electron chi connectivity index (χ1n) is 8.05. The molecule has 0 aliphatic carbocycles. The molecule has 0 spiro atoms. The quantitative estimate of drug-likeness (QED) is 0.852. The number of ether oxygens (including phenoxy) is 2. The van der Waals surface area contributed by atoms with Crippen LogP contribution in [0.15, 0.2) is 36.4 Å². The van der Waals surface area contributed by atoms with Crippen molar-refractivity contribution in [2.24, 2.45) is 0 Å². The number of hydrogen-bond acceptors (Lipinski definition) is 5. The Kier molecular flexibility index (Phi) is 5.03. The van der Waals surface area contributed by atoms with Crippen molar-refractivity contribution < 1.29 is 13.9 Å². The molecule has 6 heteroatoms. The Hall–Kier alpha value is -2.50. The van der Waals surface area contributed by atoms with E-state index in [0.29, 0.717) is 11.9 Å². The predicted molar refractivity (Wildman–Crippen MR) is 92.6 cm³/mol. The van der Waals surface area contributed by atoms with Gasteiger partial charge in [0.1, 0.15) is 17.3 Å². The van der Waals surface area contributed by atoms with E-state index >= 15 is 0 Å². The monoisotopic (exact) mass is 331 g/mol. The molecule has 3 rings (SSSR count). The zero-order chi connectivity index (χ0) is 16.9. The number of piperidine rings is 1. The number of methoxy groups -OCH3 is 2. The fraction of sp³-hybridized carbons (Fsp3) is 0.389. The van der Waals surface area contributed by atoms with Crippen molar-refractivity contribution in [3.63, 3.8) is 0 Å². The van der Waals surface area contributed by atoms with Gasteiger partial charge >= 0.3 is 0 Å². The van der Waals surface area contributed by atoms with Gasteiger partial charge in [0.25, 0.3) is 0 Å². The summed E-state index contributed by atoms with van der Waals surface area (Å²) < 4.78 is 23.9. The molecule has 1 N–H and O–H groups in total. The molecule has 2 aromatic rings. The third kappa shape index (κ3) is 3.88. The number of hydrogen-bond donors (Lipinski definition) is 1. The van der Waals surface area contributed by atoms with E-state index < -0.39 is 5.95 Å². The van der Waals surface area contributed by atoms with Crippen LogP contribution in [0, 0.1) is 5.95 Å². The summed E-state index contributed by atoms with van der Waals surface area (Å²) >= 11 is 0. The molecule has 1 fully saturated rings. The SMILES string of the molecule is COc1cc(NC2CCN(c3cccc(F)n3)CC2)cc(OC)c1. The number of rotatable bonds is 5. The highest BCUT2D eigenvalue weighted by molar-refractivity contribution is 5.54. The number of nitrogens with zero attached hydrogens (tertiary/aromatic N) is 2. The lowest BCUT2D eigenvalue weighted by molar-refractivity contribution is 0.394. The summed E-state index contributed by atoms with van der Waals surface area (Å²) in [5.41, 5.74) is 0.980. The normalized spacial score (nSPS) is 15.2. The first kappa shape index (κ1) is 16.4. The van der Waals surface area contributed by atoms with Gasteiger partial charge in [-0.05, 0) is 25.0 Å².